The minimum atomic E-state index is -0.922. The second-order valence-corrected chi connectivity index (χ2v) is 6.08. The smallest absolute Gasteiger partial charge is 0.308 e. The van der Waals surface area contributed by atoms with Crippen molar-refractivity contribution in [3.8, 4) is 11.5 Å². The lowest BCUT2D eigenvalue weighted by Crippen LogP contribution is -2.30. The van der Waals surface area contributed by atoms with E-state index >= 15 is 0 Å². The number of pyridine rings is 1. The third kappa shape index (κ3) is 3.20. The van der Waals surface area contributed by atoms with Crippen molar-refractivity contribution in [3.63, 3.8) is 0 Å². The van der Waals surface area contributed by atoms with Gasteiger partial charge in [-0.25, -0.2) is 0 Å². The summed E-state index contributed by atoms with van der Waals surface area (Å²) in [6.45, 7) is 0.434. The molecular formula is C19H20N2O5. The normalized spacial score (nSPS) is 19.2. The molecule has 1 fully saturated rings. The number of carbonyl (C=O) groups excluding carboxylic acids is 1. The molecule has 1 saturated heterocycles. The third-order valence-corrected chi connectivity index (χ3v) is 4.70. The van der Waals surface area contributed by atoms with Gasteiger partial charge >= 0.3 is 5.97 Å². The summed E-state index contributed by atoms with van der Waals surface area (Å²) in [4.78, 5) is 30.4. The molecule has 1 aliphatic rings. The number of hydrogen-bond acceptors (Lipinski definition) is 5. The van der Waals surface area contributed by atoms with Crippen LogP contribution in [-0.4, -0.2) is 54.2 Å². The zero-order chi connectivity index (χ0) is 18.7. The molecule has 3 rings (SSSR count). The first kappa shape index (κ1) is 17.7. The van der Waals surface area contributed by atoms with Crippen LogP contribution in [0.5, 0.6) is 11.5 Å². The Labute approximate surface area is 151 Å². The van der Waals surface area contributed by atoms with E-state index in [2.05, 4.69) is 4.98 Å². The van der Waals surface area contributed by atoms with E-state index in [1.54, 1.807) is 47.6 Å². The first-order chi connectivity index (χ1) is 12.6. The largest absolute Gasteiger partial charge is 0.496 e. The highest BCUT2D eigenvalue weighted by atomic mass is 16.5. The zero-order valence-electron chi connectivity index (χ0n) is 14.6. The number of carboxylic acid groups (broad SMARTS) is 1. The van der Waals surface area contributed by atoms with Crippen LogP contribution in [0.3, 0.4) is 0 Å². The van der Waals surface area contributed by atoms with Gasteiger partial charge in [-0.2, -0.15) is 0 Å². The summed E-state index contributed by atoms with van der Waals surface area (Å²) in [5.41, 5.74) is 1.16. The van der Waals surface area contributed by atoms with Crippen molar-refractivity contribution in [2.75, 3.05) is 27.3 Å². The van der Waals surface area contributed by atoms with Crippen molar-refractivity contribution in [3.05, 3.63) is 53.9 Å². The number of likely N-dealkylation sites (tertiary alicyclic amines) is 1. The molecule has 0 saturated carbocycles. The van der Waals surface area contributed by atoms with E-state index in [9.17, 15) is 14.7 Å². The Hall–Kier alpha value is -3.09. The highest BCUT2D eigenvalue weighted by molar-refractivity contribution is 6.00. The molecule has 26 heavy (non-hydrogen) atoms. The molecule has 1 N–H and O–H groups in total. The van der Waals surface area contributed by atoms with Crippen LogP contribution in [0, 0.1) is 5.92 Å². The molecule has 1 aromatic heterocycles. The topological polar surface area (TPSA) is 89.0 Å². The number of ether oxygens (including phenoxy) is 2. The van der Waals surface area contributed by atoms with Crippen LogP contribution in [-0.2, 0) is 4.79 Å². The Morgan fingerprint density at radius 1 is 1.08 bits per heavy atom. The summed E-state index contributed by atoms with van der Waals surface area (Å²) in [6, 6.07) is 8.68. The van der Waals surface area contributed by atoms with Crippen LogP contribution in [0.4, 0.5) is 0 Å². The zero-order valence-corrected chi connectivity index (χ0v) is 14.6. The third-order valence-electron chi connectivity index (χ3n) is 4.70. The van der Waals surface area contributed by atoms with Crippen molar-refractivity contribution in [1.82, 2.24) is 9.88 Å². The van der Waals surface area contributed by atoms with Gasteiger partial charge in [0.15, 0.2) is 0 Å². The summed E-state index contributed by atoms with van der Waals surface area (Å²) >= 11 is 0. The molecule has 0 aliphatic carbocycles. The molecule has 1 amide bonds. The fourth-order valence-corrected chi connectivity index (χ4v) is 3.39. The number of carbonyl (C=O) groups is 2. The van der Waals surface area contributed by atoms with Gasteiger partial charge in [0.05, 0.1) is 20.1 Å². The molecule has 0 unspecified atom stereocenters. The van der Waals surface area contributed by atoms with Crippen LogP contribution in [0.25, 0.3) is 0 Å². The number of rotatable bonds is 5. The summed E-state index contributed by atoms with van der Waals surface area (Å²) < 4.78 is 10.6. The number of aromatic nitrogens is 1. The summed E-state index contributed by atoms with van der Waals surface area (Å²) in [7, 11) is 2.96. The Morgan fingerprint density at radius 3 is 2.23 bits per heavy atom. The first-order valence-corrected chi connectivity index (χ1v) is 8.19. The monoisotopic (exact) mass is 356 g/mol. The van der Waals surface area contributed by atoms with Crippen LogP contribution >= 0.6 is 0 Å². The Bertz CT molecular complexity index is 787. The molecule has 7 heteroatoms. The quantitative estimate of drug-likeness (QED) is 0.882. The number of methoxy groups -OCH3 is 2. The van der Waals surface area contributed by atoms with Crippen LogP contribution in [0.1, 0.15) is 21.8 Å². The molecule has 0 spiro atoms. The second kappa shape index (κ2) is 7.43. The maximum Gasteiger partial charge on any atom is 0.308 e. The molecule has 1 aliphatic heterocycles. The fourth-order valence-electron chi connectivity index (χ4n) is 3.39. The van der Waals surface area contributed by atoms with Gasteiger partial charge in [-0.15, -0.1) is 0 Å². The number of aliphatic carboxylic acids is 1. The average molecular weight is 356 g/mol. The lowest BCUT2D eigenvalue weighted by atomic mass is 9.90. The Morgan fingerprint density at radius 2 is 1.69 bits per heavy atom. The fraction of sp³-hybridized carbons (Fsp3) is 0.316. The molecule has 2 aromatic rings. The number of amides is 1. The van der Waals surface area contributed by atoms with Gasteiger partial charge in [0.25, 0.3) is 5.91 Å². The minimum absolute atomic E-state index is 0.127. The predicted molar refractivity (Wildman–Crippen MR) is 93.6 cm³/mol. The summed E-state index contributed by atoms with van der Waals surface area (Å²) in [5, 5.41) is 9.61. The average Bonchev–Trinajstić information content (AvgIpc) is 3.13. The van der Waals surface area contributed by atoms with Gasteiger partial charge in [-0.1, -0.05) is 6.07 Å². The van der Waals surface area contributed by atoms with E-state index in [4.69, 9.17) is 9.47 Å². The van der Waals surface area contributed by atoms with Gasteiger partial charge in [0, 0.05) is 31.4 Å². The Kier molecular flexibility index (Phi) is 5.06. The van der Waals surface area contributed by atoms with E-state index in [0.29, 0.717) is 23.6 Å². The van der Waals surface area contributed by atoms with Gasteiger partial charge in [0.2, 0.25) is 0 Å². The molecule has 2 atom stereocenters. The highest BCUT2D eigenvalue weighted by Crippen LogP contribution is 2.36. The van der Waals surface area contributed by atoms with Crippen LogP contribution < -0.4 is 9.47 Å². The van der Waals surface area contributed by atoms with Crippen molar-refractivity contribution in [2.45, 2.75) is 5.92 Å². The second-order valence-electron chi connectivity index (χ2n) is 6.08. The summed E-state index contributed by atoms with van der Waals surface area (Å²) in [5.74, 6) is -1.40. The minimum Gasteiger partial charge on any atom is -0.496 e. The van der Waals surface area contributed by atoms with Gasteiger partial charge in [-0.3, -0.25) is 14.6 Å². The number of hydrogen-bond donors (Lipinski definition) is 1. The highest BCUT2D eigenvalue weighted by Gasteiger charge is 2.41. The van der Waals surface area contributed by atoms with Crippen molar-refractivity contribution < 1.29 is 24.2 Å². The van der Waals surface area contributed by atoms with Crippen LogP contribution in [0.15, 0.2) is 42.7 Å². The van der Waals surface area contributed by atoms with E-state index in [0.717, 1.165) is 5.56 Å². The molecule has 136 valence electrons. The Balaban J connectivity index is 1.94. The van der Waals surface area contributed by atoms with Gasteiger partial charge < -0.3 is 19.5 Å². The molecule has 0 bridgehead atoms. The van der Waals surface area contributed by atoms with E-state index in [-0.39, 0.29) is 18.4 Å². The van der Waals surface area contributed by atoms with Gasteiger partial charge in [-0.05, 0) is 29.8 Å². The molecule has 2 heterocycles. The van der Waals surface area contributed by atoms with E-state index in [1.165, 1.54) is 14.2 Å². The maximum atomic E-state index is 13.1. The number of nitrogens with zero attached hydrogens (tertiary/aromatic N) is 2. The first-order valence-electron chi connectivity index (χ1n) is 8.19. The molecule has 7 nitrogen and oxygen atoms in total. The van der Waals surface area contributed by atoms with Gasteiger partial charge in [0.1, 0.15) is 17.1 Å². The predicted octanol–water partition coefficient (Wildman–Crippen LogP) is 2.04. The van der Waals surface area contributed by atoms with Crippen LogP contribution in [0.2, 0.25) is 0 Å². The summed E-state index contributed by atoms with van der Waals surface area (Å²) in [6.07, 6.45) is 3.25. The van der Waals surface area contributed by atoms with Crippen molar-refractivity contribution in [2.24, 2.45) is 5.92 Å². The molecule has 0 radical (unpaired) electrons. The van der Waals surface area contributed by atoms with Crippen molar-refractivity contribution >= 4 is 11.9 Å². The molecular weight excluding hydrogens is 336 g/mol. The van der Waals surface area contributed by atoms with Crippen molar-refractivity contribution in [1.29, 1.82) is 0 Å². The van der Waals surface area contributed by atoms with E-state index < -0.39 is 11.9 Å². The number of benzene rings is 1. The SMILES string of the molecule is COc1cccc(OC)c1C(=O)N1C[C@@H](C(=O)O)[C@H](c2ccncc2)C1. The molecule has 1 aromatic carbocycles. The standard InChI is InChI=1S/C19H20N2O5/c1-25-15-4-3-5-16(26-2)17(15)18(22)21-10-13(14(11-21)19(23)24)12-6-8-20-9-7-12/h3-9,13-14H,10-11H2,1-2H3,(H,23,24)/t13-,14+/m0/s1. The van der Waals surface area contributed by atoms with E-state index in [1.807, 2.05) is 0 Å². The maximum absolute atomic E-state index is 13.1. The lowest BCUT2D eigenvalue weighted by molar-refractivity contribution is -0.141. The number of carboxylic acids is 1. The lowest BCUT2D eigenvalue weighted by Gasteiger charge is -2.20.